The number of hydrogen-bond acceptors (Lipinski definition) is 4. The minimum absolute atomic E-state index is 0.0349. The quantitative estimate of drug-likeness (QED) is 0.639. The number of unbranched alkanes of at least 4 members (excludes halogenated alkanes) is 6. The summed E-state index contributed by atoms with van der Waals surface area (Å²) >= 11 is 0. The second-order valence-corrected chi connectivity index (χ2v) is 4.59. The number of nitrogens with zero attached hydrogens (tertiary/aromatic N) is 2. The predicted octanol–water partition coefficient (Wildman–Crippen LogP) is 2.89. The molecule has 0 saturated carbocycles. The normalized spacial score (nSPS) is 10.4. The van der Waals surface area contributed by atoms with Crippen LogP contribution in [0.2, 0.25) is 0 Å². The van der Waals surface area contributed by atoms with Crippen molar-refractivity contribution in [1.29, 1.82) is 0 Å². The Morgan fingerprint density at radius 2 is 1.89 bits per heavy atom. The minimum atomic E-state index is -0.0349. The number of amides is 1. The van der Waals surface area contributed by atoms with Crippen LogP contribution in [0.25, 0.3) is 0 Å². The molecule has 6 nitrogen and oxygen atoms in total. The van der Waals surface area contributed by atoms with E-state index in [0.29, 0.717) is 12.4 Å². The van der Waals surface area contributed by atoms with Gasteiger partial charge in [-0.25, -0.2) is 5.10 Å². The van der Waals surface area contributed by atoms with Crippen LogP contribution < -0.4 is 10.1 Å². The number of H-pyrrole nitrogens is 1. The summed E-state index contributed by atoms with van der Waals surface area (Å²) in [5.74, 6) is 0.303. The summed E-state index contributed by atoms with van der Waals surface area (Å²) in [5.41, 5.74) is 0. The monoisotopic (exact) mass is 268 g/mol. The molecule has 1 heterocycles. The van der Waals surface area contributed by atoms with E-state index in [1.165, 1.54) is 39.2 Å². The fourth-order valence-corrected chi connectivity index (χ4v) is 1.83. The summed E-state index contributed by atoms with van der Waals surface area (Å²) in [6.45, 7) is 2.21. The van der Waals surface area contributed by atoms with E-state index in [-0.39, 0.29) is 11.9 Å². The van der Waals surface area contributed by atoms with Gasteiger partial charge < -0.3 is 4.74 Å². The van der Waals surface area contributed by atoms with Crippen LogP contribution in [0.4, 0.5) is 5.95 Å². The van der Waals surface area contributed by atoms with Crippen molar-refractivity contribution in [3.63, 3.8) is 0 Å². The van der Waals surface area contributed by atoms with E-state index in [1.807, 2.05) is 0 Å². The fraction of sp³-hybridized carbons (Fsp3) is 0.769. The molecular formula is C13H24N4O2. The number of nitrogens with one attached hydrogen (secondary N) is 2. The van der Waals surface area contributed by atoms with Gasteiger partial charge in [0, 0.05) is 6.42 Å². The average molecular weight is 268 g/mol. The first kappa shape index (κ1) is 15.5. The second-order valence-electron chi connectivity index (χ2n) is 4.59. The maximum absolute atomic E-state index is 11.6. The molecule has 0 fully saturated rings. The standard InChI is InChI=1S/C13H24N4O2/c1-3-4-5-6-7-8-9-10-11(18)14-12-15-13(19-2)17-16-12/h3-10H2,1-2H3,(H2,14,15,16,17,18). The first-order valence-electron chi connectivity index (χ1n) is 7.02. The Morgan fingerprint density at radius 3 is 2.53 bits per heavy atom. The highest BCUT2D eigenvalue weighted by atomic mass is 16.5. The topological polar surface area (TPSA) is 79.9 Å². The van der Waals surface area contributed by atoms with Crippen molar-refractivity contribution in [2.24, 2.45) is 0 Å². The number of aromatic nitrogens is 3. The lowest BCUT2D eigenvalue weighted by molar-refractivity contribution is -0.116. The fourth-order valence-electron chi connectivity index (χ4n) is 1.83. The molecule has 0 aliphatic heterocycles. The number of methoxy groups -OCH3 is 1. The van der Waals surface area contributed by atoms with Crippen molar-refractivity contribution < 1.29 is 9.53 Å². The number of ether oxygens (including phenoxy) is 1. The van der Waals surface area contributed by atoms with Gasteiger partial charge >= 0.3 is 6.01 Å². The lowest BCUT2D eigenvalue weighted by Crippen LogP contribution is -2.12. The van der Waals surface area contributed by atoms with E-state index in [2.05, 4.69) is 27.4 Å². The number of hydrogen-bond donors (Lipinski definition) is 2. The van der Waals surface area contributed by atoms with Crippen molar-refractivity contribution in [2.45, 2.75) is 58.3 Å². The zero-order chi connectivity index (χ0) is 13.9. The van der Waals surface area contributed by atoms with Crippen LogP contribution in [0.1, 0.15) is 58.3 Å². The van der Waals surface area contributed by atoms with Gasteiger partial charge in [-0.15, -0.1) is 5.10 Å². The molecule has 6 heteroatoms. The smallest absolute Gasteiger partial charge is 0.336 e. The van der Waals surface area contributed by atoms with Crippen LogP contribution in [-0.4, -0.2) is 28.2 Å². The third-order valence-electron chi connectivity index (χ3n) is 2.91. The van der Waals surface area contributed by atoms with Gasteiger partial charge in [-0.2, -0.15) is 4.98 Å². The first-order valence-corrected chi connectivity index (χ1v) is 7.02. The van der Waals surface area contributed by atoms with Crippen LogP contribution >= 0.6 is 0 Å². The molecule has 0 aromatic carbocycles. The molecule has 0 bridgehead atoms. The van der Waals surface area contributed by atoms with Gasteiger partial charge in [0.15, 0.2) is 0 Å². The predicted molar refractivity (Wildman–Crippen MR) is 74.2 cm³/mol. The Morgan fingerprint density at radius 1 is 1.21 bits per heavy atom. The lowest BCUT2D eigenvalue weighted by Gasteiger charge is -2.02. The largest absolute Gasteiger partial charge is 0.466 e. The second kappa shape index (κ2) is 9.35. The van der Waals surface area contributed by atoms with Crippen LogP contribution in [0.3, 0.4) is 0 Å². The number of carbonyl (C=O) groups excluding carboxylic acids is 1. The van der Waals surface area contributed by atoms with Crippen molar-refractivity contribution in [2.75, 3.05) is 12.4 Å². The summed E-state index contributed by atoms with van der Waals surface area (Å²) in [4.78, 5) is 15.5. The van der Waals surface area contributed by atoms with Gasteiger partial charge in [0.05, 0.1) is 7.11 Å². The SMILES string of the molecule is CCCCCCCCCC(=O)Nc1nc(OC)n[nH]1. The highest BCUT2D eigenvalue weighted by Gasteiger charge is 2.06. The number of aromatic amines is 1. The van der Waals surface area contributed by atoms with E-state index in [1.54, 1.807) is 0 Å². The van der Waals surface area contributed by atoms with Gasteiger partial charge in [0.2, 0.25) is 11.9 Å². The van der Waals surface area contributed by atoms with Crippen molar-refractivity contribution in [1.82, 2.24) is 15.2 Å². The molecule has 1 amide bonds. The molecule has 0 atom stereocenters. The Hall–Kier alpha value is -1.59. The number of carbonyl (C=O) groups is 1. The summed E-state index contributed by atoms with van der Waals surface area (Å²) < 4.78 is 4.82. The zero-order valence-electron chi connectivity index (χ0n) is 11.9. The third-order valence-corrected chi connectivity index (χ3v) is 2.91. The maximum atomic E-state index is 11.6. The molecule has 19 heavy (non-hydrogen) atoms. The summed E-state index contributed by atoms with van der Waals surface area (Å²) in [6, 6.07) is 0.228. The highest BCUT2D eigenvalue weighted by molar-refractivity contribution is 5.88. The maximum Gasteiger partial charge on any atom is 0.336 e. The molecule has 108 valence electrons. The molecule has 2 N–H and O–H groups in total. The van der Waals surface area contributed by atoms with Gasteiger partial charge in [-0.3, -0.25) is 10.1 Å². The number of anilines is 1. The van der Waals surface area contributed by atoms with Crippen LogP contribution in [-0.2, 0) is 4.79 Å². The Balaban J connectivity index is 2.04. The zero-order valence-corrected chi connectivity index (χ0v) is 11.9. The van der Waals surface area contributed by atoms with Crippen molar-refractivity contribution in [3.8, 4) is 6.01 Å². The van der Waals surface area contributed by atoms with E-state index in [0.717, 1.165) is 12.8 Å². The van der Waals surface area contributed by atoms with E-state index in [9.17, 15) is 4.79 Å². The van der Waals surface area contributed by atoms with E-state index >= 15 is 0 Å². The Labute approximate surface area is 114 Å². The van der Waals surface area contributed by atoms with Crippen LogP contribution in [0.5, 0.6) is 6.01 Å². The minimum Gasteiger partial charge on any atom is -0.466 e. The van der Waals surface area contributed by atoms with Crippen molar-refractivity contribution >= 4 is 11.9 Å². The molecule has 0 spiro atoms. The summed E-state index contributed by atoms with van der Waals surface area (Å²) in [7, 11) is 1.48. The molecule has 0 aliphatic rings. The molecule has 0 radical (unpaired) electrons. The van der Waals surface area contributed by atoms with Gasteiger partial charge in [0.25, 0.3) is 0 Å². The first-order chi connectivity index (χ1) is 9.26. The van der Waals surface area contributed by atoms with Crippen molar-refractivity contribution in [3.05, 3.63) is 0 Å². The number of rotatable bonds is 10. The molecule has 1 aromatic rings. The molecule has 0 saturated heterocycles. The third kappa shape index (κ3) is 6.79. The molecule has 1 rings (SSSR count). The van der Waals surface area contributed by atoms with E-state index in [4.69, 9.17) is 4.74 Å². The molecule has 0 unspecified atom stereocenters. The Kier molecular flexibility index (Phi) is 7.62. The molecule has 1 aromatic heterocycles. The van der Waals surface area contributed by atoms with Gasteiger partial charge in [-0.1, -0.05) is 45.4 Å². The molecular weight excluding hydrogens is 244 g/mol. The van der Waals surface area contributed by atoms with Gasteiger partial charge in [-0.05, 0) is 6.42 Å². The molecule has 0 aliphatic carbocycles. The van der Waals surface area contributed by atoms with Crippen LogP contribution in [0.15, 0.2) is 0 Å². The Bertz CT molecular complexity index is 365. The highest BCUT2D eigenvalue weighted by Crippen LogP contribution is 2.09. The van der Waals surface area contributed by atoms with Crippen LogP contribution in [0, 0.1) is 0 Å². The van der Waals surface area contributed by atoms with Gasteiger partial charge in [0.1, 0.15) is 0 Å². The summed E-state index contributed by atoms with van der Waals surface area (Å²) in [5, 5.41) is 9.01. The summed E-state index contributed by atoms with van der Waals surface area (Å²) in [6.07, 6.45) is 8.92. The average Bonchev–Trinajstić information content (AvgIpc) is 2.85. The van der Waals surface area contributed by atoms with E-state index < -0.39 is 0 Å². The lowest BCUT2D eigenvalue weighted by atomic mass is 10.1.